The molecule has 17 rings (SSSR count). The SMILES string of the molecule is c1ccc(-c2cc3c4c(c2)N(c2ccccc2)c2cc5c(cc2B4c2ccccc2N3c2ccccc2)B2c3ccccc3N(c3ccccc3)c3cc(N4C6CC7CC8CC4CC78C6)cc(c32)S5)cc1. The van der Waals surface area contributed by atoms with Gasteiger partial charge in [0.25, 0.3) is 6.71 Å². The minimum Gasteiger partial charge on any atom is -0.365 e. The number of anilines is 10. The first kappa shape index (κ1) is 39.4. The summed E-state index contributed by atoms with van der Waals surface area (Å²) in [5.41, 5.74) is 23.9. The molecule has 8 aliphatic rings. The van der Waals surface area contributed by atoms with Crippen molar-refractivity contribution in [3.05, 3.63) is 206 Å². The Morgan fingerprint density at radius 3 is 1.44 bits per heavy atom. The summed E-state index contributed by atoms with van der Waals surface area (Å²) in [6.07, 6.45) is 6.99. The zero-order valence-corrected chi connectivity index (χ0v) is 40.1. The number of para-hydroxylation sites is 5. The zero-order chi connectivity index (χ0) is 46.1. The van der Waals surface area contributed by atoms with Crippen LogP contribution in [0.4, 0.5) is 56.9 Å². The summed E-state index contributed by atoms with van der Waals surface area (Å²) in [5, 5.41) is 0. The summed E-state index contributed by atoms with van der Waals surface area (Å²) >= 11 is 2.02. The minimum atomic E-state index is 0.00407. The highest BCUT2D eigenvalue weighted by atomic mass is 32.2. The van der Waals surface area contributed by atoms with E-state index in [9.17, 15) is 0 Å². The molecule has 5 heterocycles. The van der Waals surface area contributed by atoms with Crippen molar-refractivity contribution in [3.8, 4) is 11.1 Å². The van der Waals surface area contributed by atoms with Crippen LogP contribution < -0.4 is 52.4 Å². The van der Waals surface area contributed by atoms with Gasteiger partial charge < -0.3 is 19.6 Å². The summed E-state index contributed by atoms with van der Waals surface area (Å²) in [7, 11) is 0. The average molecular weight is 927 g/mol. The van der Waals surface area contributed by atoms with Crippen LogP contribution in [0.3, 0.4) is 0 Å². The van der Waals surface area contributed by atoms with Crippen molar-refractivity contribution in [1.82, 2.24) is 0 Å². The van der Waals surface area contributed by atoms with E-state index in [1.54, 1.807) is 0 Å². The quantitative estimate of drug-likeness (QED) is 0.159. The number of hydrogen-bond acceptors (Lipinski definition) is 5. The minimum absolute atomic E-state index is 0.00407. The van der Waals surface area contributed by atoms with Crippen molar-refractivity contribution in [2.24, 2.45) is 17.3 Å². The number of piperidine rings is 1. The number of hydrogen-bond donors (Lipinski definition) is 0. The molecule has 0 aromatic heterocycles. The molecular weight excluding hydrogens is 878 g/mol. The van der Waals surface area contributed by atoms with Crippen LogP contribution in [0.5, 0.6) is 0 Å². The predicted octanol–water partition coefficient (Wildman–Crippen LogP) is 12.0. The molecule has 0 radical (unpaired) electrons. The van der Waals surface area contributed by atoms with E-state index in [2.05, 4.69) is 226 Å². The lowest BCUT2D eigenvalue weighted by atomic mass is 9.31. The summed E-state index contributed by atoms with van der Waals surface area (Å²) in [4.78, 5) is 13.4. The Kier molecular flexibility index (Phi) is 7.98. The van der Waals surface area contributed by atoms with E-state index in [4.69, 9.17) is 0 Å². The van der Waals surface area contributed by atoms with Crippen molar-refractivity contribution in [2.45, 2.75) is 54.0 Å². The lowest BCUT2D eigenvalue weighted by Gasteiger charge is -2.49. The smallest absolute Gasteiger partial charge is 0.252 e. The molecule has 1 spiro atoms. The van der Waals surface area contributed by atoms with E-state index in [0.29, 0.717) is 17.5 Å². The van der Waals surface area contributed by atoms with Gasteiger partial charge in [-0.25, -0.2) is 0 Å². The Morgan fingerprint density at radius 2 is 0.859 bits per heavy atom. The number of fused-ring (bicyclic) bond motifs is 10. The molecule has 4 atom stereocenters. The second-order valence-electron chi connectivity index (χ2n) is 21.7. The molecule has 71 heavy (non-hydrogen) atoms. The molecule has 7 heteroatoms. The Hall–Kier alpha value is -7.34. The summed E-state index contributed by atoms with van der Waals surface area (Å²) in [6, 6.07) is 79.6. The lowest BCUT2D eigenvalue weighted by Crippen LogP contribution is -2.64. The van der Waals surface area contributed by atoms with Crippen molar-refractivity contribution in [1.29, 1.82) is 0 Å². The van der Waals surface area contributed by atoms with Crippen molar-refractivity contribution in [2.75, 3.05) is 19.6 Å². The molecule has 3 bridgehead atoms. The highest BCUT2D eigenvalue weighted by Crippen LogP contribution is 2.73. The highest BCUT2D eigenvalue weighted by molar-refractivity contribution is 8.00. The second kappa shape index (κ2) is 14.4. The van der Waals surface area contributed by atoms with Crippen LogP contribution >= 0.6 is 11.8 Å². The molecule has 0 N–H and O–H groups in total. The first-order chi connectivity index (χ1) is 35.2. The highest BCUT2D eigenvalue weighted by Gasteiger charge is 2.68. The van der Waals surface area contributed by atoms with Gasteiger partial charge in [-0.3, -0.25) is 0 Å². The zero-order valence-electron chi connectivity index (χ0n) is 39.3. The fraction of sp³-hybridized carbons (Fsp3) is 0.156. The van der Waals surface area contributed by atoms with E-state index in [1.165, 1.54) is 137 Å². The maximum Gasteiger partial charge on any atom is 0.252 e. The van der Waals surface area contributed by atoms with E-state index in [1.807, 2.05) is 11.8 Å². The lowest BCUT2D eigenvalue weighted by molar-refractivity contribution is 0.00223. The standard InChI is InChI=1S/C64H48B2N4S/c1-5-17-40(18-6-1)41-29-57-62-58(30-41)70(46-23-11-4-12-24-46)56-37-60-53(36-52(56)65(62)50-25-13-15-27-54(50)68(57)44-19-7-2-8-20-44)66-51-26-14-16-28-55(51)69(45-21-9-3-10-22-45)59-34-47(35-61(71-60)63(59)66)67-48-32-42-31-43-33-49(67)39-64(42,43)38-48/h1-30,34-37,42-43,48-49H,31-33,38-39H2. The Labute approximate surface area is 420 Å². The van der Waals surface area contributed by atoms with Crippen LogP contribution in [0.1, 0.15) is 32.1 Å². The largest absolute Gasteiger partial charge is 0.365 e. The summed E-state index contributed by atoms with van der Waals surface area (Å²) < 4.78 is 0. The van der Waals surface area contributed by atoms with Crippen molar-refractivity contribution >= 4 is 115 Å². The van der Waals surface area contributed by atoms with Gasteiger partial charge in [0, 0.05) is 78.7 Å². The summed E-state index contributed by atoms with van der Waals surface area (Å²) in [5.74, 6) is 1.87. The van der Waals surface area contributed by atoms with Crippen LogP contribution in [0, 0.1) is 17.3 Å². The molecule has 4 unspecified atom stereocenters. The first-order valence-electron chi connectivity index (χ1n) is 26.0. The van der Waals surface area contributed by atoms with Crippen LogP contribution in [0.25, 0.3) is 11.1 Å². The van der Waals surface area contributed by atoms with Gasteiger partial charge in [-0.15, -0.1) is 0 Å². The van der Waals surface area contributed by atoms with Crippen LogP contribution in [-0.2, 0) is 0 Å². The molecule has 3 saturated carbocycles. The molecular formula is C64H48B2N4S. The van der Waals surface area contributed by atoms with Gasteiger partial charge in [0.05, 0.1) is 0 Å². The maximum absolute atomic E-state index is 2.95. The Morgan fingerprint density at radius 1 is 0.366 bits per heavy atom. The Bertz CT molecular complexity index is 3680. The molecule has 336 valence electrons. The van der Waals surface area contributed by atoms with E-state index < -0.39 is 0 Å². The van der Waals surface area contributed by atoms with Crippen molar-refractivity contribution < 1.29 is 0 Å². The molecule has 4 fully saturated rings. The molecule has 4 nitrogen and oxygen atoms in total. The second-order valence-corrected chi connectivity index (χ2v) is 22.8. The number of nitrogens with zero attached hydrogens (tertiary/aromatic N) is 4. The fourth-order valence-electron chi connectivity index (χ4n) is 15.9. The third-order valence-corrected chi connectivity index (χ3v) is 19.7. The molecule has 0 amide bonds. The molecule has 9 aromatic carbocycles. The fourth-order valence-corrected chi connectivity index (χ4v) is 17.1. The normalized spacial score (nSPS) is 22.8. The third kappa shape index (κ3) is 5.30. The third-order valence-electron chi connectivity index (χ3n) is 18.5. The summed E-state index contributed by atoms with van der Waals surface area (Å²) in [6.45, 7) is 0.0712. The monoisotopic (exact) mass is 926 g/mol. The van der Waals surface area contributed by atoms with Gasteiger partial charge in [0.2, 0.25) is 6.71 Å². The van der Waals surface area contributed by atoms with E-state index in [-0.39, 0.29) is 13.4 Å². The molecule has 1 saturated heterocycles. The number of rotatable bonds is 5. The van der Waals surface area contributed by atoms with Crippen molar-refractivity contribution in [3.63, 3.8) is 0 Å². The van der Waals surface area contributed by atoms with Crippen LogP contribution in [0.2, 0.25) is 0 Å². The topological polar surface area (TPSA) is 13.0 Å². The van der Waals surface area contributed by atoms with Crippen LogP contribution in [0.15, 0.2) is 216 Å². The predicted molar refractivity (Wildman–Crippen MR) is 298 cm³/mol. The van der Waals surface area contributed by atoms with Gasteiger partial charge in [-0.2, -0.15) is 0 Å². The molecule has 9 aromatic rings. The maximum atomic E-state index is 2.95. The van der Waals surface area contributed by atoms with E-state index >= 15 is 0 Å². The molecule has 5 aliphatic heterocycles. The van der Waals surface area contributed by atoms with Crippen LogP contribution in [-0.4, -0.2) is 25.5 Å². The van der Waals surface area contributed by atoms with Gasteiger partial charge in [-0.05, 0) is 167 Å². The first-order valence-corrected chi connectivity index (χ1v) is 26.8. The van der Waals surface area contributed by atoms with Gasteiger partial charge >= 0.3 is 0 Å². The average Bonchev–Trinajstić information content (AvgIpc) is 3.80. The molecule has 3 aliphatic carbocycles. The van der Waals surface area contributed by atoms with E-state index in [0.717, 1.165) is 17.5 Å². The Balaban J connectivity index is 0.930. The number of benzene rings is 9. The van der Waals surface area contributed by atoms with Gasteiger partial charge in [0.15, 0.2) is 0 Å². The van der Waals surface area contributed by atoms with Gasteiger partial charge in [0.1, 0.15) is 0 Å². The van der Waals surface area contributed by atoms with Gasteiger partial charge in [-0.1, -0.05) is 145 Å².